The highest BCUT2D eigenvalue weighted by atomic mass is 16.6. The van der Waals surface area contributed by atoms with E-state index in [9.17, 15) is 9.59 Å². The quantitative estimate of drug-likeness (QED) is 0.705. The van der Waals surface area contributed by atoms with Gasteiger partial charge in [-0.15, -0.1) is 6.42 Å². The van der Waals surface area contributed by atoms with Gasteiger partial charge in [-0.1, -0.05) is 5.92 Å². The van der Waals surface area contributed by atoms with Gasteiger partial charge in [0.2, 0.25) is 0 Å². The molecule has 0 N–H and O–H groups in total. The molecule has 18 heavy (non-hydrogen) atoms. The van der Waals surface area contributed by atoms with E-state index in [4.69, 9.17) is 11.2 Å². The van der Waals surface area contributed by atoms with Gasteiger partial charge in [-0.3, -0.25) is 4.79 Å². The van der Waals surface area contributed by atoms with Gasteiger partial charge in [0.1, 0.15) is 11.4 Å². The Bertz CT molecular complexity index is 358. The van der Waals surface area contributed by atoms with Crippen LogP contribution < -0.4 is 0 Å². The van der Waals surface area contributed by atoms with E-state index in [1.165, 1.54) is 0 Å². The van der Waals surface area contributed by atoms with Crippen LogP contribution in [0.25, 0.3) is 0 Å². The zero-order chi connectivity index (χ0) is 13.8. The second-order valence-electron chi connectivity index (χ2n) is 5.57. The highest BCUT2D eigenvalue weighted by molar-refractivity contribution is 5.81. The summed E-state index contributed by atoms with van der Waals surface area (Å²) in [5, 5.41) is 0. The van der Waals surface area contributed by atoms with Crippen LogP contribution in [-0.4, -0.2) is 35.0 Å². The fourth-order valence-electron chi connectivity index (χ4n) is 1.58. The average molecular weight is 251 g/mol. The minimum absolute atomic E-state index is 0.00768. The summed E-state index contributed by atoms with van der Waals surface area (Å²) in [7, 11) is 0. The van der Waals surface area contributed by atoms with Crippen molar-refractivity contribution in [2.24, 2.45) is 0 Å². The van der Waals surface area contributed by atoms with E-state index in [0.717, 1.165) is 12.8 Å². The van der Waals surface area contributed by atoms with E-state index in [0.29, 0.717) is 13.0 Å². The number of ketones is 1. The number of terminal acetylenes is 1. The summed E-state index contributed by atoms with van der Waals surface area (Å²) in [5.41, 5.74) is -0.507. The molecule has 1 amide bonds. The molecule has 0 saturated heterocycles. The van der Waals surface area contributed by atoms with E-state index in [1.807, 2.05) is 20.8 Å². The molecule has 1 saturated carbocycles. The van der Waals surface area contributed by atoms with E-state index >= 15 is 0 Å². The number of carbonyl (C=O) groups is 2. The average Bonchev–Trinajstić information content (AvgIpc) is 2.99. The molecule has 100 valence electrons. The summed E-state index contributed by atoms with van der Waals surface area (Å²) < 4.78 is 5.33. The molecule has 0 aromatic carbocycles. The maximum atomic E-state index is 12.0. The predicted octanol–water partition coefficient (Wildman–Crippen LogP) is 2.37. The van der Waals surface area contributed by atoms with E-state index in [1.54, 1.807) is 4.90 Å². The monoisotopic (exact) mass is 251 g/mol. The molecular formula is C14H21NO3. The van der Waals surface area contributed by atoms with Crippen molar-refractivity contribution in [2.75, 3.05) is 6.54 Å². The number of amides is 1. The Hall–Kier alpha value is -1.50. The Balaban J connectivity index is 2.48. The molecule has 1 aliphatic carbocycles. The standard InChI is InChI=1S/C14H21NO3/c1-5-6-12(16)9-10-15(11-7-8-11)13(17)18-14(2,3)4/h1,11H,6-10H2,2-4H3. The smallest absolute Gasteiger partial charge is 0.410 e. The van der Waals surface area contributed by atoms with Gasteiger partial charge in [-0.05, 0) is 33.6 Å². The largest absolute Gasteiger partial charge is 0.444 e. The molecule has 0 radical (unpaired) electrons. The zero-order valence-corrected chi connectivity index (χ0v) is 11.4. The summed E-state index contributed by atoms with van der Waals surface area (Å²) in [6, 6.07) is 0.235. The molecule has 0 aliphatic heterocycles. The van der Waals surface area contributed by atoms with E-state index in [2.05, 4.69) is 5.92 Å². The highest BCUT2D eigenvalue weighted by Crippen LogP contribution is 2.28. The van der Waals surface area contributed by atoms with Gasteiger partial charge in [0.25, 0.3) is 0 Å². The van der Waals surface area contributed by atoms with Gasteiger partial charge in [0, 0.05) is 19.0 Å². The molecule has 1 aliphatic rings. The first-order valence-corrected chi connectivity index (χ1v) is 6.28. The molecule has 0 aromatic rings. The van der Waals surface area contributed by atoms with Crippen molar-refractivity contribution in [3.8, 4) is 12.3 Å². The lowest BCUT2D eigenvalue weighted by molar-refractivity contribution is -0.118. The van der Waals surface area contributed by atoms with Crippen LogP contribution in [0.2, 0.25) is 0 Å². The van der Waals surface area contributed by atoms with Crippen LogP contribution in [-0.2, 0) is 9.53 Å². The van der Waals surface area contributed by atoms with Crippen LogP contribution >= 0.6 is 0 Å². The Morgan fingerprint density at radius 2 is 2.00 bits per heavy atom. The molecule has 4 nitrogen and oxygen atoms in total. The zero-order valence-electron chi connectivity index (χ0n) is 11.4. The summed E-state index contributed by atoms with van der Waals surface area (Å²) >= 11 is 0. The van der Waals surface area contributed by atoms with Crippen LogP contribution in [0.3, 0.4) is 0 Å². The van der Waals surface area contributed by atoms with Crippen molar-refractivity contribution < 1.29 is 14.3 Å². The predicted molar refractivity (Wildman–Crippen MR) is 69.0 cm³/mol. The lowest BCUT2D eigenvalue weighted by Crippen LogP contribution is -2.39. The van der Waals surface area contributed by atoms with Crippen LogP contribution in [0.4, 0.5) is 4.79 Å². The fourth-order valence-corrected chi connectivity index (χ4v) is 1.58. The number of ether oxygens (including phenoxy) is 1. The van der Waals surface area contributed by atoms with Crippen molar-refractivity contribution in [3.63, 3.8) is 0 Å². The van der Waals surface area contributed by atoms with Crippen LogP contribution in [0, 0.1) is 12.3 Å². The van der Waals surface area contributed by atoms with Gasteiger partial charge in [-0.25, -0.2) is 4.79 Å². The number of hydrogen-bond donors (Lipinski definition) is 0. The lowest BCUT2D eigenvalue weighted by atomic mass is 10.2. The molecule has 0 atom stereocenters. The van der Waals surface area contributed by atoms with E-state index < -0.39 is 5.60 Å². The van der Waals surface area contributed by atoms with Crippen molar-refractivity contribution in [2.45, 2.75) is 58.1 Å². The minimum Gasteiger partial charge on any atom is -0.444 e. The number of carbonyl (C=O) groups excluding carboxylic acids is 2. The molecule has 0 spiro atoms. The fraction of sp³-hybridized carbons (Fsp3) is 0.714. The highest BCUT2D eigenvalue weighted by Gasteiger charge is 2.35. The molecule has 0 unspecified atom stereocenters. The Kier molecular flexibility index (Phi) is 4.77. The molecule has 1 fully saturated rings. The van der Waals surface area contributed by atoms with Crippen molar-refractivity contribution in [3.05, 3.63) is 0 Å². The third-order valence-corrected chi connectivity index (χ3v) is 2.55. The first-order valence-electron chi connectivity index (χ1n) is 6.28. The number of hydrogen-bond acceptors (Lipinski definition) is 3. The maximum Gasteiger partial charge on any atom is 0.410 e. The Morgan fingerprint density at radius 3 is 2.44 bits per heavy atom. The number of rotatable bonds is 5. The number of Topliss-reactive ketones (excluding diaryl/α,β-unsaturated/α-hetero) is 1. The molecule has 1 rings (SSSR count). The Labute approximate surface area is 109 Å². The van der Waals surface area contributed by atoms with Crippen molar-refractivity contribution in [1.29, 1.82) is 0 Å². The Morgan fingerprint density at radius 1 is 1.39 bits per heavy atom. The molecule has 4 heteroatoms. The minimum atomic E-state index is -0.507. The first kappa shape index (κ1) is 14.6. The SMILES string of the molecule is C#CCC(=O)CCN(C(=O)OC(C)(C)C)C1CC1. The summed E-state index contributed by atoms with van der Waals surface area (Å²) in [6.45, 7) is 5.90. The third-order valence-electron chi connectivity index (χ3n) is 2.55. The molecule has 0 bridgehead atoms. The van der Waals surface area contributed by atoms with E-state index in [-0.39, 0.29) is 24.3 Å². The molecule has 0 heterocycles. The van der Waals surface area contributed by atoms with Gasteiger partial charge in [0.15, 0.2) is 0 Å². The number of nitrogens with zero attached hydrogens (tertiary/aromatic N) is 1. The normalized spacial score (nSPS) is 14.8. The van der Waals surface area contributed by atoms with Gasteiger partial charge in [-0.2, -0.15) is 0 Å². The maximum absolute atomic E-state index is 12.0. The topological polar surface area (TPSA) is 46.6 Å². The van der Waals surface area contributed by atoms with Crippen LogP contribution in [0.1, 0.15) is 46.5 Å². The second kappa shape index (κ2) is 5.90. The van der Waals surface area contributed by atoms with Crippen LogP contribution in [0.15, 0.2) is 0 Å². The third kappa shape index (κ3) is 5.22. The summed E-state index contributed by atoms with van der Waals surface area (Å²) in [5.74, 6) is 2.31. The second-order valence-corrected chi connectivity index (χ2v) is 5.57. The molecular weight excluding hydrogens is 230 g/mol. The van der Waals surface area contributed by atoms with Crippen LogP contribution in [0.5, 0.6) is 0 Å². The van der Waals surface area contributed by atoms with Gasteiger partial charge < -0.3 is 9.64 Å². The van der Waals surface area contributed by atoms with Crippen molar-refractivity contribution in [1.82, 2.24) is 4.90 Å². The van der Waals surface area contributed by atoms with Gasteiger partial charge in [0.05, 0.1) is 6.42 Å². The summed E-state index contributed by atoms with van der Waals surface area (Å²) in [4.78, 5) is 25.0. The summed E-state index contributed by atoms with van der Waals surface area (Å²) in [6.07, 6.45) is 7.15. The molecule has 0 aromatic heterocycles. The van der Waals surface area contributed by atoms with Gasteiger partial charge >= 0.3 is 6.09 Å². The van der Waals surface area contributed by atoms with Crippen molar-refractivity contribution >= 4 is 11.9 Å². The lowest BCUT2D eigenvalue weighted by Gasteiger charge is -2.27. The first-order chi connectivity index (χ1) is 8.33.